The van der Waals surface area contributed by atoms with Crippen molar-refractivity contribution in [1.82, 2.24) is 19.8 Å². The topological polar surface area (TPSA) is 134 Å². The molecule has 32 heavy (non-hydrogen) atoms. The van der Waals surface area contributed by atoms with Crippen molar-refractivity contribution in [3.63, 3.8) is 0 Å². The fraction of sp³-hybridized carbons (Fsp3) is 0.550. The third-order valence-electron chi connectivity index (χ3n) is 5.30. The molecule has 11 nitrogen and oxygen atoms in total. The lowest BCUT2D eigenvalue weighted by molar-refractivity contribution is -0.150. The van der Waals surface area contributed by atoms with Crippen LogP contribution in [-0.4, -0.2) is 87.5 Å². The Labute approximate surface area is 188 Å². The second-order valence-corrected chi connectivity index (χ2v) is 9.62. The highest BCUT2D eigenvalue weighted by atomic mass is 32.2. The minimum atomic E-state index is -3.66. The highest BCUT2D eigenvalue weighted by Gasteiger charge is 2.47. The van der Waals surface area contributed by atoms with E-state index in [0.717, 1.165) is 16.1 Å². The average molecular weight is 471 g/mol. The van der Waals surface area contributed by atoms with Gasteiger partial charge in [-0.1, -0.05) is 6.07 Å². The van der Waals surface area contributed by atoms with Gasteiger partial charge in [-0.25, -0.2) is 8.42 Å². The Morgan fingerprint density at radius 2 is 1.91 bits per heavy atom. The molecule has 12 heteroatoms. The number of benzene rings is 1. The van der Waals surface area contributed by atoms with Gasteiger partial charge in [0, 0.05) is 20.1 Å². The molecule has 1 aliphatic heterocycles. The molecule has 1 aromatic carbocycles. The van der Waals surface area contributed by atoms with Crippen LogP contribution in [0.25, 0.3) is 0 Å². The smallest absolute Gasteiger partial charge is 0.247 e. The summed E-state index contributed by atoms with van der Waals surface area (Å²) in [5, 5.41) is 5.18. The summed E-state index contributed by atoms with van der Waals surface area (Å²) >= 11 is 0. The van der Waals surface area contributed by atoms with Crippen LogP contribution in [-0.2, 0) is 31.0 Å². The number of ether oxygens (including phenoxy) is 2. The number of amides is 3. The number of nitrogens with zero attached hydrogens (tertiary/aromatic N) is 2. The van der Waals surface area contributed by atoms with E-state index in [2.05, 4.69) is 10.6 Å². The van der Waals surface area contributed by atoms with Crippen molar-refractivity contribution in [2.24, 2.45) is 0 Å². The van der Waals surface area contributed by atoms with E-state index < -0.39 is 33.3 Å². The van der Waals surface area contributed by atoms with E-state index in [1.807, 2.05) is 6.92 Å². The standard InChI is InChI=1S/C20H30N4O7S/c1-6-31-15-8-7-14(9-16(15)30-4)10-21-17(25)11-22-19(27)20(2)13-24(32(5,28)29)12-18(26)23(20)3/h7-9H,6,10-13H2,1-5H3,(H,21,25)(H,22,27). The molecule has 1 saturated heterocycles. The van der Waals surface area contributed by atoms with Gasteiger partial charge in [-0.2, -0.15) is 4.31 Å². The van der Waals surface area contributed by atoms with Gasteiger partial charge >= 0.3 is 0 Å². The van der Waals surface area contributed by atoms with Crippen molar-refractivity contribution in [2.75, 3.05) is 46.7 Å². The Kier molecular flexibility index (Phi) is 8.07. The lowest BCUT2D eigenvalue weighted by atomic mass is 9.96. The van der Waals surface area contributed by atoms with Crippen LogP contribution in [0.4, 0.5) is 0 Å². The maximum Gasteiger partial charge on any atom is 0.247 e. The zero-order chi connectivity index (χ0) is 24.1. The number of methoxy groups -OCH3 is 1. The summed E-state index contributed by atoms with van der Waals surface area (Å²) in [6.07, 6.45) is 0.979. The second-order valence-electron chi connectivity index (χ2n) is 7.64. The van der Waals surface area contributed by atoms with Gasteiger partial charge < -0.3 is 25.0 Å². The van der Waals surface area contributed by atoms with E-state index in [-0.39, 0.29) is 26.2 Å². The van der Waals surface area contributed by atoms with Crippen molar-refractivity contribution < 1.29 is 32.3 Å². The van der Waals surface area contributed by atoms with E-state index >= 15 is 0 Å². The molecule has 1 aromatic rings. The molecule has 2 rings (SSSR count). The fourth-order valence-electron chi connectivity index (χ4n) is 3.21. The van der Waals surface area contributed by atoms with Gasteiger partial charge in [0.1, 0.15) is 5.54 Å². The summed E-state index contributed by atoms with van der Waals surface area (Å²) in [6.45, 7) is 3.16. The maximum atomic E-state index is 12.8. The minimum absolute atomic E-state index is 0.201. The Bertz CT molecular complexity index is 982. The first-order valence-corrected chi connectivity index (χ1v) is 11.8. The fourth-order valence-corrected chi connectivity index (χ4v) is 4.04. The molecule has 1 atom stereocenters. The number of hydrogen-bond donors (Lipinski definition) is 2. The quantitative estimate of drug-likeness (QED) is 0.488. The third-order valence-corrected chi connectivity index (χ3v) is 6.49. The molecular weight excluding hydrogens is 440 g/mol. The molecule has 0 spiro atoms. The molecule has 0 radical (unpaired) electrons. The van der Waals surface area contributed by atoms with Gasteiger partial charge in [0.2, 0.25) is 27.7 Å². The number of hydrogen-bond acceptors (Lipinski definition) is 7. The molecule has 3 amide bonds. The molecular formula is C20H30N4O7S. The van der Waals surface area contributed by atoms with Gasteiger partial charge in [-0.3, -0.25) is 14.4 Å². The largest absolute Gasteiger partial charge is 0.493 e. The number of nitrogens with one attached hydrogen (secondary N) is 2. The van der Waals surface area contributed by atoms with Gasteiger partial charge in [-0.05, 0) is 31.5 Å². The summed E-state index contributed by atoms with van der Waals surface area (Å²) < 4.78 is 35.5. The summed E-state index contributed by atoms with van der Waals surface area (Å²) in [6, 6.07) is 5.28. The van der Waals surface area contributed by atoms with Gasteiger partial charge in [0.05, 0.1) is 33.1 Å². The van der Waals surface area contributed by atoms with Crippen LogP contribution in [0.5, 0.6) is 11.5 Å². The first-order chi connectivity index (χ1) is 14.9. The first-order valence-electron chi connectivity index (χ1n) is 9.99. The third kappa shape index (κ3) is 5.88. The summed E-state index contributed by atoms with van der Waals surface area (Å²) in [7, 11) is -0.709. The van der Waals surface area contributed by atoms with Crippen molar-refractivity contribution in [1.29, 1.82) is 0 Å². The van der Waals surface area contributed by atoms with Crippen LogP contribution in [0.3, 0.4) is 0 Å². The van der Waals surface area contributed by atoms with Crippen LogP contribution in [0.2, 0.25) is 0 Å². The van der Waals surface area contributed by atoms with Crippen molar-refractivity contribution >= 4 is 27.7 Å². The van der Waals surface area contributed by atoms with E-state index in [1.165, 1.54) is 26.0 Å². The monoisotopic (exact) mass is 470 g/mol. The SMILES string of the molecule is CCOc1ccc(CNC(=O)CNC(=O)C2(C)CN(S(C)(=O)=O)CC(=O)N2C)cc1OC. The van der Waals surface area contributed by atoms with Gasteiger partial charge in [0.25, 0.3) is 0 Å². The molecule has 1 unspecified atom stereocenters. The number of likely N-dealkylation sites (N-methyl/N-ethyl adjacent to an activating group) is 1. The molecule has 0 aromatic heterocycles. The number of piperazine rings is 1. The maximum absolute atomic E-state index is 12.8. The number of carbonyl (C=O) groups is 3. The molecule has 1 aliphatic rings. The molecule has 0 saturated carbocycles. The zero-order valence-electron chi connectivity index (χ0n) is 18.9. The van der Waals surface area contributed by atoms with Crippen LogP contribution < -0.4 is 20.1 Å². The van der Waals surface area contributed by atoms with Crippen LogP contribution in [0.1, 0.15) is 19.4 Å². The Morgan fingerprint density at radius 3 is 2.50 bits per heavy atom. The second kappa shape index (κ2) is 10.2. The highest BCUT2D eigenvalue weighted by molar-refractivity contribution is 7.88. The summed E-state index contributed by atoms with van der Waals surface area (Å²) in [4.78, 5) is 38.4. The minimum Gasteiger partial charge on any atom is -0.493 e. The van der Waals surface area contributed by atoms with E-state index in [1.54, 1.807) is 18.2 Å². The predicted molar refractivity (Wildman–Crippen MR) is 117 cm³/mol. The van der Waals surface area contributed by atoms with E-state index in [9.17, 15) is 22.8 Å². The summed E-state index contributed by atoms with van der Waals surface area (Å²) in [5.41, 5.74) is -0.667. The van der Waals surface area contributed by atoms with Gasteiger partial charge in [0.15, 0.2) is 11.5 Å². The number of carbonyl (C=O) groups excluding carboxylic acids is 3. The zero-order valence-corrected chi connectivity index (χ0v) is 19.7. The molecule has 0 aliphatic carbocycles. The highest BCUT2D eigenvalue weighted by Crippen LogP contribution is 2.28. The molecule has 1 heterocycles. The molecule has 1 fully saturated rings. The summed E-state index contributed by atoms with van der Waals surface area (Å²) in [5.74, 6) is -0.438. The molecule has 2 N–H and O–H groups in total. The number of sulfonamides is 1. The van der Waals surface area contributed by atoms with E-state index in [4.69, 9.17) is 9.47 Å². The van der Waals surface area contributed by atoms with Crippen LogP contribution >= 0.6 is 0 Å². The average Bonchev–Trinajstić information content (AvgIpc) is 2.74. The Balaban J connectivity index is 1.96. The predicted octanol–water partition coefficient (Wildman–Crippen LogP) is -0.681. The van der Waals surface area contributed by atoms with Crippen LogP contribution in [0, 0.1) is 0 Å². The first kappa shape index (κ1) is 25.4. The molecule has 0 bridgehead atoms. The van der Waals surface area contributed by atoms with E-state index in [0.29, 0.717) is 18.1 Å². The normalized spacial score (nSPS) is 19.4. The van der Waals surface area contributed by atoms with Crippen molar-refractivity contribution in [3.05, 3.63) is 23.8 Å². The number of rotatable bonds is 9. The van der Waals surface area contributed by atoms with Crippen molar-refractivity contribution in [2.45, 2.75) is 25.9 Å². The Morgan fingerprint density at radius 1 is 1.22 bits per heavy atom. The van der Waals surface area contributed by atoms with Crippen molar-refractivity contribution in [3.8, 4) is 11.5 Å². The lowest BCUT2D eigenvalue weighted by Crippen LogP contribution is -2.68. The van der Waals surface area contributed by atoms with Crippen LogP contribution in [0.15, 0.2) is 18.2 Å². The Hall–Kier alpha value is -2.86. The molecule has 178 valence electrons. The van der Waals surface area contributed by atoms with Gasteiger partial charge in [-0.15, -0.1) is 0 Å². The lowest BCUT2D eigenvalue weighted by Gasteiger charge is -2.44.